The second-order valence-corrected chi connectivity index (χ2v) is 6.10. The van der Waals surface area contributed by atoms with Crippen molar-refractivity contribution in [3.8, 4) is 0 Å². The maximum absolute atomic E-state index is 12.2. The van der Waals surface area contributed by atoms with Gasteiger partial charge in [-0.3, -0.25) is 4.79 Å². The van der Waals surface area contributed by atoms with Crippen LogP contribution in [0.5, 0.6) is 0 Å². The monoisotopic (exact) mass is 252 g/mol. The molecular weight excluding hydrogens is 232 g/mol. The van der Waals surface area contributed by atoms with Crippen molar-refractivity contribution >= 4 is 17.2 Å². The summed E-state index contributed by atoms with van der Waals surface area (Å²) in [5.41, 5.74) is 5.58. The minimum absolute atomic E-state index is 0.0837. The molecule has 0 saturated heterocycles. The van der Waals surface area contributed by atoms with E-state index in [1.165, 1.54) is 12.8 Å². The lowest BCUT2D eigenvalue weighted by Crippen LogP contribution is -2.54. The zero-order chi connectivity index (χ0) is 12.5. The molecule has 2 rings (SSSR count). The molecule has 0 spiro atoms. The van der Waals surface area contributed by atoms with Gasteiger partial charge in [-0.25, -0.2) is 0 Å². The molecule has 1 fully saturated rings. The quantitative estimate of drug-likeness (QED) is 0.843. The van der Waals surface area contributed by atoms with Crippen molar-refractivity contribution in [3.05, 3.63) is 22.4 Å². The van der Waals surface area contributed by atoms with Gasteiger partial charge in [0.2, 0.25) is 5.91 Å². The average Bonchev–Trinajstić information content (AvgIpc) is 3.05. The van der Waals surface area contributed by atoms with E-state index in [0.29, 0.717) is 12.5 Å². The van der Waals surface area contributed by atoms with Crippen molar-refractivity contribution in [3.63, 3.8) is 0 Å². The van der Waals surface area contributed by atoms with Gasteiger partial charge < -0.3 is 11.1 Å². The summed E-state index contributed by atoms with van der Waals surface area (Å²) in [7, 11) is 0. The molecule has 3 N–H and O–H groups in total. The maximum Gasteiger partial charge on any atom is 0.228 e. The fraction of sp³-hybridized carbons (Fsp3) is 0.615. The highest BCUT2D eigenvalue weighted by molar-refractivity contribution is 7.10. The lowest BCUT2D eigenvalue weighted by molar-refractivity contribution is -0.124. The first-order valence-corrected chi connectivity index (χ1v) is 7.00. The molecular formula is C13H20N2OS. The first-order valence-electron chi connectivity index (χ1n) is 6.12. The summed E-state index contributed by atoms with van der Waals surface area (Å²) in [5, 5.41) is 5.14. The van der Waals surface area contributed by atoms with E-state index in [9.17, 15) is 4.79 Å². The Labute approximate surface area is 106 Å². The zero-order valence-electron chi connectivity index (χ0n) is 10.4. The van der Waals surface area contributed by atoms with Crippen LogP contribution in [0.15, 0.2) is 17.5 Å². The van der Waals surface area contributed by atoms with Crippen molar-refractivity contribution in [2.45, 2.75) is 38.1 Å². The van der Waals surface area contributed by atoms with Gasteiger partial charge in [0, 0.05) is 11.4 Å². The second kappa shape index (κ2) is 4.78. The van der Waals surface area contributed by atoms with Gasteiger partial charge in [0.1, 0.15) is 0 Å². The van der Waals surface area contributed by atoms with Crippen LogP contribution in [-0.4, -0.2) is 18.0 Å². The molecule has 1 amide bonds. The number of amides is 1. The summed E-state index contributed by atoms with van der Waals surface area (Å²) in [6.45, 7) is 4.52. The Bertz CT molecular complexity index is 386. The Morgan fingerprint density at radius 2 is 2.41 bits per heavy atom. The summed E-state index contributed by atoms with van der Waals surface area (Å²) < 4.78 is 0. The first-order chi connectivity index (χ1) is 8.07. The molecule has 0 aromatic carbocycles. The van der Waals surface area contributed by atoms with Gasteiger partial charge in [-0.1, -0.05) is 6.07 Å². The van der Waals surface area contributed by atoms with E-state index in [1.54, 1.807) is 11.3 Å². The molecule has 2 atom stereocenters. The summed E-state index contributed by atoms with van der Waals surface area (Å²) >= 11 is 1.62. The smallest absolute Gasteiger partial charge is 0.228 e. The third-order valence-corrected chi connectivity index (χ3v) is 4.73. The van der Waals surface area contributed by atoms with Gasteiger partial charge in [-0.15, -0.1) is 11.3 Å². The Morgan fingerprint density at radius 1 is 1.71 bits per heavy atom. The number of hydrogen-bond acceptors (Lipinski definition) is 3. The van der Waals surface area contributed by atoms with Gasteiger partial charge in [0.25, 0.3) is 0 Å². The minimum atomic E-state index is -0.220. The number of carbonyl (C=O) groups excluding carboxylic acids is 1. The number of nitrogens with two attached hydrogens (primary N) is 1. The highest BCUT2D eigenvalue weighted by atomic mass is 32.1. The summed E-state index contributed by atoms with van der Waals surface area (Å²) in [4.78, 5) is 13.3. The van der Waals surface area contributed by atoms with Gasteiger partial charge in [0.15, 0.2) is 0 Å². The summed E-state index contributed by atoms with van der Waals surface area (Å²) in [6.07, 6.45) is 2.36. The van der Waals surface area contributed by atoms with Crippen LogP contribution in [-0.2, 0) is 4.79 Å². The van der Waals surface area contributed by atoms with E-state index in [-0.39, 0.29) is 17.4 Å². The average molecular weight is 252 g/mol. The highest BCUT2D eigenvalue weighted by Gasteiger charge is 2.42. The molecule has 1 aliphatic rings. The fourth-order valence-corrected chi connectivity index (χ4v) is 2.88. The van der Waals surface area contributed by atoms with Crippen LogP contribution in [0.4, 0.5) is 0 Å². The number of hydrogen-bond donors (Lipinski definition) is 2. The van der Waals surface area contributed by atoms with E-state index >= 15 is 0 Å². The van der Waals surface area contributed by atoms with Gasteiger partial charge in [0.05, 0.1) is 11.5 Å². The van der Waals surface area contributed by atoms with E-state index < -0.39 is 0 Å². The van der Waals surface area contributed by atoms with Crippen LogP contribution in [0.25, 0.3) is 0 Å². The molecule has 1 aromatic rings. The standard InChI is InChI=1S/C13H20N2OS/c1-9(11-4-3-7-17-11)12(16)15-13(2,8-14)10-5-6-10/h3-4,7,9-10H,5-6,8,14H2,1-2H3,(H,15,16). The fourth-order valence-electron chi connectivity index (χ4n) is 2.10. The van der Waals surface area contributed by atoms with Crippen LogP contribution < -0.4 is 11.1 Å². The molecule has 17 heavy (non-hydrogen) atoms. The number of thiophene rings is 1. The Hall–Kier alpha value is -0.870. The highest BCUT2D eigenvalue weighted by Crippen LogP contribution is 2.39. The Kier molecular flexibility index (Phi) is 3.54. The molecule has 0 aliphatic heterocycles. The molecule has 4 heteroatoms. The largest absolute Gasteiger partial charge is 0.349 e. The molecule has 2 unspecified atom stereocenters. The van der Waals surface area contributed by atoms with Crippen molar-refractivity contribution < 1.29 is 4.79 Å². The normalized spacial score (nSPS) is 20.6. The van der Waals surface area contributed by atoms with E-state index in [0.717, 1.165) is 4.88 Å². The van der Waals surface area contributed by atoms with Crippen molar-refractivity contribution in [2.75, 3.05) is 6.54 Å². The SMILES string of the molecule is CC(C(=O)NC(C)(CN)C1CC1)c1cccs1. The van der Waals surface area contributed by atoms with E-state index in [2.05, 4.69) is 12.2 Å². The predicted molar refractivity (Wildman–Crippen MR) is 71.1 cm³/mol. The van der Waals surface area contributed by atoms with Gasteiger partial charge in [-0.2, -0.15) is 0 Å². The number of nitrogens with one attached hydrogen (secondary N) is 1. The molecule has 1 saturated carbocycles. The van der Waals surface area contributed by atoms with Crippen molar-refractivity contribution in [2.24, 2.45) is 11.7 Å². The number of rotatable bonds is 5. The van der Waals surface area contributed by atoms with Crippen molar-refractivity contribution in [1.82, 2.24) is 5.32 Å². The molecule has 94 valence electrons. The Morgan fingerprint density at radius 3 is 2.88 bits per heavy atom. The van der Waals surface area contributed by atoms with Gasteiger partial charge in [-0.05, 0) is 44.1 Å². The lowest BCUT2D eigenvalue weighted by atomic mass is 9.94. The van der Waals surface area contributed by atoms with Crippen LogP contribution in [0.1, 0.15) is 37.5 Å². The van der Waals surface area contributed by atoms with Crippen LogP contribution >= 0.6 is 11.3 Å². The molecule has 1 aromatic heterocycles. The summed E-state index contributed by atoms with van der Waals surface area (Å²) in [6, 6.07) is 3.98. The third-order valence-electron chi connectivity index (χ3n) is 3.67. The van der Waals surface area contributed by atoms with Gasteiger partial charge >= 0.3 is 0 Å². The number of carbonyl (C=O) groups is 1. The topological polar surface area (TPSA) is 55.1 Å². The lowest BCUT2D eigenvalue weighted by Gasteiger charge is -2.30. The minimum Gasteiger partial charge on any atom is -0.349 e. The molecule has 0 bridgehead atoms. The summed E-state index contributed by atoms with van der Waals surface area (Å²) in [5.74, 6) is 0.568. The maximum atomic E-state index is 12.2. The van der Waals surface area contributed by atoms with E-state index in [1.807, 2.05) is 24.4 Å². The van der Waals surface area contributed by atoms with Crippen LogP contribution in [0.3, 0.4) is 0 Å². The zero-order valence-corrected chi connectivity index (χ0v) is 11.2. The predicted octanol–water partition coefficient (Wildman–Crippen LogP) is 2.10. The van der Waals surface area contributed by atoms with Crippen molar-refractivity contribution in [1.29, 1.82) is 0 Å². The molecule has 1 heterocycles. The molecule has 1 aliphatic carbocycles. The first kappa shape index (κ1) is 12.6. The van der Waals surface area contributed by atoms with Crippen LogP contribution in [0.2, 0.25) is 0 Å². The molecule has 0 radical (unpaired) electrons. The van der Waals surface area contributed by atoms with Crippen LogP contribution in [0, 0.1) is 5.92 Å². The molecule has 3 nitrogen and oxygen atoms in total. The third kappa shape index (κ3) is 2.69. The van der Waals surface area contributed by atoms with E-state index in [4.69, 9.17) is 5.73 Å². The second-order valence-electron chi connectivity index (χ2n) is 5.12. The Balaban J connectivity index is 2.00.